The van der Waals surface area contributed by atoms with E-state index in [-0.39, 0.29) is 0 Å². The number of aryl methyl sites for hydroxylation is 3. The van der Waals surface area contributed by atoms with Gasteiger partial charge in [0.1, 0.15) is 20.0 Å². The van der Waals surface area contributed by atoms with Gasteiger partial charge in [-0.2, -0.15) is 0 Å². The van der Waals surface area contributed by atoms with Gasteiger partial charge in [-0.1, -0.05) is 18.2 Å². The van der Waals surface area contributed by atoms with Gasteiger partial charge >= 0.3 is 0 Å². The minimum atomic E-state index is 0.353. The number of benzene rings is 3. The van der Waals surface area contributed by atoms with Gasteiger partial charge in [-0.05, 0) is 117 Å². The van der Waals surface area contributed by atoms with Crippen molar-refractivity contribution in [2.75, 3.05) is 20.0 Å². The lowest BCUT2D eigenvalue weighted by atomic mass is 9.84. The highest BCUT2D eigenvalue weighted by atomic mass is 15.0. The Morgan fingerprint density at radius 1 is 0.459 bits per heavy atom. The summed E-state index contributed by atoms with van der Waals surface area (Å²) in [4.78, 5) is 28.5. The molecule has 3 aliphatic rings. The zero-order valence-electron chi connectivity index (χ0n) is 22.7. The lowest BCUT2D eigenvalue weighted by molar-refractivity contribution is 0.511. The van der Waals surface area contributed by atoms with Gasteiger partial charge in [0, 0.05) is 0 Å². The summed E-state index contributed by atoms with van der Waals surface area (Å²) in [7, 11) is 0. The zero-order chi connectivity index (χ0) is 25.8. The van der Waals surface area contributed by atoms with E-state index in [4.69, 9.17) is 30.0 Å². The Morgan fingerprint density at radius 3 is 1.03 bits per heavy atom. The summed E-state index contributed by atoms with van der Waals surface area (Å²) >= 11 is 0. The van der Waals surface area contributed by atoms with E-state index in [2.05, 4.69) is 59.7 Å². The molecular formula is C31H34N6. The van der Waals surface area contributed by atoms with Crippen LogP contribution in [0.2, 0.25) is 0 Å². The van der Waals surface area contributed by atoms with E-state index in [0.717, 1.165) is 51.4 Å². The van der Waals surface area contributed by atoms with E-state index in [9.17, 15) is 0 Å². The lowest BCUT2D eigenvalue weighted by Gasteiger charge is -2.20. The van der Waals surface area contributed by atoms with Gasteiger partial charge in [0.2, 0.25) is 0 Å². The maximum Gasteiger partial charge on any atom is 0.130 e. The first-order valence-corrected chi connectivity index (χ1v) is 13.3. The number of rotatable bonds is 6. The predicted molar refractivity (Wildman–Crippen MR) is 144 cm³/mol. The molecule has 6 heteroatoms. The monoisotopic (exact) mass is 490 g/mol. The topological polar surface area (TPSA) is 74.2 Å². The highest BCUT2D eigenvalue weighted by Gasteiger charge is 2.21. The van der Waals surface area contributed by atoms with Crippen molar-refractivity contribution in [3.63, 3.8) is 0 Å². The van der Waals surface area contributed by atoms with Crippen LogP contribution >= 0.6 is 0 Å². The van der Waals surface area contributed by atoms with Crippen LogP contribution in [0.1, 0.15) is 50.1 Å². The van der Waals surface area contributed by atoms with E-state index in [1.165, 1.54) is 50.1 Å². The third-order valence-corrected chi connectivity index (χ3v) is 8.50. The van der Waals surface area contributed by atoms with Crippen molar-refractivity contribution in [2.24, 2.45) is 35.9 Å². The van der Waals surface area contributed by atoms with E-state index in [0.29, 0.717) is 25.9 Å². The van der Waals surface area contributed by atoms with Crippen molar-refractivity contribution < 1.29 is 0 Å². The molecule has 0 saturated heterocycles. The Kier molecular flexibility index (Phi) is 5.85. The van der Waals surface area contributed by atoms with Crippen molar-refractivity contribution in [3.05, 3.63) is 100 Å². The van der Waals surface area contributed by atoms with E-state index >= 15 is 0 Å². The molecule has 37 heavy (non-hydrogen) atoms. The van der Waals surface area contributed by atoms with Gasteiger partial charge < -0.3 is 0 Å². The second kappa shape index (κ2) is 9.09. The Bertz CT molecular complexity index is 1630. The van der Waals surface area contributed by atoms with Crippen molar-refractivity contribution in [3.8, 4) is 0 Å². The summed E-state index contributed by atoms with van der Waals surface area (Å²) in [5.41, 5.74) is 11.5. The summed E-state index contributed by atoms with van der Waals surface area (Å²) in [6, 6.07) is 7.00. The van der Waals surface area contributed by atoms with E-state index < -0.39 is 0 Å². The molecule has 0 unspecified atom stereocenters. The van der Waals surface area contributed by atoms with Crippen LogP contribution in [0, 0.1) is 47.5 Å². The summed E-state index contributed by atoms with van der Waals surface area (Å²) < 4.78 is 0. The summed E-state index contributed by atoms with van der Waals surface area (Å²) in [6.07, 6.45) is 2.79. The van der Waals surface area contributed by atoms with Crippen LogP contribution < -0.4 is 32.1 Å². The van der Waals surface area contributed by atoms with E-state index in [1.807, 2.05) is 0 Å². The Balaban J connectivity index is 1.47. The first kappa shape index (κ1) is 23.8. The maximum atomic E-state index is 4.80. The van der Waals surface area contributed by atoms with Gasteiger partial charge in [0.05, 0.1) is 32.1 Å². The molecule has 0 aromatic heterocycles. The first-order chi connectivity index (χ1) is 17.8. The molecule has 0 saturated carbocycles. The van der Waals surface area contributed by atoms with Gasteiger partial charge in [-0.15, -0.1) is 0 Å². The number of hydrogen-bond acceptors (Lipinski definition) is 6. The molecule has 0 N–H and O–H groups in total. The van der Waals surface area contributed by atoms with Crippen LogP contribution in [0.25, 0.3) is 0 Å². The zero-order valence-corrected chi connectivity index (χ0v) is 22.7. The molecule has 0 bridgehead atoms. The summed E-state index contributed by atoms with van der Waals surface area (Å²) in [6.45, 7) is 14.7. The van der Waals surface area contributed by atoms with Gasteiger partial charge in [0.15, 0.2) is 0 Å². The SMILES string of the molecule is Cc1cc(CC(Cc2cc(C)c(C)c3c2=NCN=3)Cc2cc(C)c(C)c3c2=NCN=3)c2c(c1C)=NCN=2. The van der Waals surface area contributed by atoms with Crippen molar-refractivity contribution >= 4 is 0 Å². The number of nitrogens with zero attached hydrogens (tertiary/aromatic N) is 6. The maximum absolute atomic E-state index is 4.80. The fourth-order valence-corrected chi connectivity index (χ4v) is 6.12. The molecule has 0 atom stereocenters. The number of hydrogen-bond donors (Lipinski definition) is 0. The quantitative estimate of drug-likeness (QED) is 0.506. The van der Waals surface area contributed by atoms with Gasteiger partial charge in [-0.25, -0.2) is 0 Å². The highest BCUT2D eigenvalue weighted by Crippen LogP contribution is 2.19. The second-order valence-electron chi connectivity index (χ2n) is 10.9. The highest BCUT2D eigenvalue weighted by molar-refractivity contribution is 5.34. The van der Waals surface area contributed by atoms with Crippen LogP contribution in [0.15, 0.2) is 48.2 Å². The second-order valence-corrected chi connectivity index (χ2v) is 10.9. The van der Waals surface area contributed by atoms with Crippen LogP contribution in [-0.4, -0.2) is 20.0 Å². The molecule has 3 aliphatic heterocycles. The van der Waals surface area contributed by atoms with Crippen molar-refractivity contribution in [2.45, 2.75) is 60.8 Å². The third-order valence-electron chi connectivity index (χ3n) is 8.50. The molecule has 3 heterocycles. The molecule has 3 aromatic rings. The molecule has 188 valence electrons. The fourth-order valence-electron chi connectivity index (χ4n) is 6.12. The fraction of sp³-hybridized carbons (Fsp3) is 0.419. The van der Waals surface area contributed by atoms with Crippen LogP contribution in [0.5, 0.6) is 0 Å². The van der Waals surface area contributed by atoms with Crippen LogP contribution in [-0.2, 0) is 19.3 Å². The molecular weight excluding hydrogens is 456 g/mol. The normalized spacial score (nSPS) is 14.7. The van der Waals surface area contributed by atoms with Crippen molar-refractivity contribution in [1.29, 1.82) is 0 Å². The van der Waals surface area contributed by atoms with Crippen LogP contribution in [0.4, 0.5) is 0 Å². The molecule has 6 rings (SSSR count). The largest absolute Gasteiger partial charge is 0.259 e. The van der Waals surface area contributed by atoms with E-state index in [1.54, 1.807) is 0 Å². The minimum Gasteiger partial charge on any atom is -0.259 e. The predicted octanol–water partition coefficient (Wildman–Crippen LogP) is 1.81. The van der Waals surface area contributed by atoms with Gasteiger partial charge in [-0.3, -0.25) is 30.0 Å². The Hall–Kier alpha value is -3.54. The molecule has 0 amide bonds. The average molecular weight is 491 g/mol. The summed E-state index contributed by atoms with van der Waals surface area (Å²) in [5, 5.41) is 6.50. The third kappa shape index (κ3) is 4.03. The van der Waals surface area contributed by atoms with Crippen LogP contribution in [0.3, 0.4) is 0 Å². The molecule has 0 aliphatic carbocycles. The molecule has 6 nitrogen and oxygen atoms in total. The Morgan fingerprint density at radius 2 is 0.730 bits per heavy atom. The average Bonchev–Trinajstić information content (AvgIpc) is 3.64. The first-order valence-electron chi connectivity index (χ1n) is 13.3. The summed E-state index contributed by atoms with van der Waals surface area (Å²) in [5.74, 6) is 0.353. The Labute approximate surface area is 217 Å². The molecule has 0 radical (unpaired) electrons. The molecule has 0 fully saturated rings. The molecule has 3 aromatic carbocycles. The van der Waals surface area contributed by atoms with Gasteiger partial charge in [0.25, 0.3) is 0 Å². The smallest absolute Gasteiger partial charge is 0.130 e. The minimum absolute atomic E-state index is 0.353. The standard InChI is InChI=1S/C31H34N6/c1-16-7-23(29-26(19(16)4)32-13-35-29)10-22(11-24-8-17(2)20(5)27-30(24)36-14-33-27)12-25-9-18(3)21(6)28-31(25)37-15-34-28/h7-9,22H,10-15H2,1-6H3. The lowest BCUT2D eigenvalue weighted by Crippen LogP contribution is -2.35. The molecule has 0 spiro atoms. The van der Waals surface area contributed by atoms with Crippen molar-refractivity contribution in [1.82, 2.24) is 0 Å². The number of fused-ring (bicyclic) bond motifs is 3.